The number of aromatic nitrogens is 2. The van der Waals surface area contributed by atoms with Crippen LogP contribution in [0.4, 0.5) is 0 Å². The van der Waals surface area contributed by atoms with Crippen molar-refractivity contribution < 1.29 is 4.79 Å². The molecule has 4 nitrogen and oxygen atoms in total. The van der Waals surface area contributed by atoms with Crippen molar-refractivity contribution in [1.82, 2.24) is 15.1 Å². The Balaban J connectivity index is 1.86. The number of hydrogen-bond donors (Lipinski definition) is 1. The van der Waals surface area contributed by atoms with E-state index in [2.05, 4.69) is 26.3 Å². The standard InChI is InChI=1S/C11H16BrN3O/c1-15-10(5-6-14-15)11(16)13-7-8-3-2-4-9(8)12/h5-6,8-9H,2-4,7H2,1H3,(H,13,16). The van der Waals surface area contributed by atoms with Gasteiger partial charge in [-0.05, 0) is 24.8 Å². The molecule has 0 spiro atoms. The van der Waals surface area contributed by atoms with Gasteiger partial charge < -0.3 is 5.32 Å². The number of hydrogen-bond acceptors (Lipinski definition) is 2. The summed E-state index contributed by atoms with van der Waals surface area (Å²) in [6.07, 6.45) is 5.30. The first-order valence-electron chi connectivity index (χ1n) is 5.59. The molecule has 0 aliphatic heterocycles. The lowest BCUT2D eigenvalue weighted by Crippen LogP contribution is -2.32. The van der Waals surface area contributed by atoms with E-state index >= 15 is 0 Å². The molecule has 1 amide bonds. The third kappa shape index (κ3) is 2.45. The molecule has 0 saturated heterocycles. The molecule has 1 heterocycles. The van der Waals surface area contributed by atoms with E-state index in [0.717, 1.165) is 6.54 Å². The Hall–Kier alpha value is -0.840. The molecule has 1 aromatic heterocycles. The summed E-state index contributed by atoms with van der Waals surface area (Å²) in [6, 6.07) is 1.73. The van der Waals surface area contributed by atoms with Crippen LogP contribution in [0.1, 0.15) is 29.8 Å². The molecule has 1 aliphatic rings. The molecule has 1 aromatic rings. The van der Waals surface area contributed by atoms with Crippen LogP contribution in [-0.2, 0) is 7.05 Å². The lowest BCUT2D eigenvalue weighted by molar-refractivity contribution is 0.0938. The molecule has 0 radical (unpaired) electrons. The first-order chi connectivity index (χ1) is 7.68. The fourth-order valence-corrected chi connectivity index (χ4v) is 2.91. The first-order valence-corrected chi connectivity index (χ1v) is 6.50. The van der Waals surface area contributed by atoms with Gasteiger partial charge in [-0.1, -0.05) is 22.4 Å². The first kappa shape index (κ1) is 11.6. The molecule has 88 valence electrons. The Morgan fingerprint density at radius 2 is 2.50 bits per heavy atom. The van der Waals surface area contributed by atoms with Gasteiger partial charge in [-0.25, -0.2) is 0 Å². The molecule has 1 N–H and O–H groups in total. The zero-order valence-electron chi connectivity index (χ0n) is 9.32. The predicted molar refractivity (Wildman–Crippen MR) is 65.6 cm³/mol. The zero-order chi connectivity index (χ0) is 11.5. The lowest BCUT2D eigenvalue weighted by Gasteiger charge is -2.14. The number of nitrogens with one attached hydrogen (secondary N) is 1. The van der Waals surface area contributed by atoms with Crippen molar-refractivity contribution in [3.8, 4) is 0 Å². The largest absolute Gasteiger partial charge is 0.350 e. The third-order valence-electron chi connectivity index (χ3n) is 3.14. The number of amides is 1. The number of halogens is 1. The monoisotopic (exact) mass is 285 g/mol. The van der Waals surface area contributed by atoms with Crippen LogP contribution < -0.4 is 5.32 Å². The van der Waals surface area contributed by atoms with E-state index in [0.29, 0.717) is 16.4 Å². The SMILES string of the molecule is Cn1nccc1C(=O)NCC1CCCC1Br. The fraction of sp³-hybridized carbons (Fsp3) is 0.636. The summed E-state index contributed by atoms with van der Waals surface area (Å²) in [5.41, 5.74) is 0.615. The van der Waals surface area contributed by atoms with Gasteiger partial charge in [-0.2, -0.15) is 5.10 Å². The van der Waals surface area contributed by atoms with E-state index in [1.54, 1.807) is 24.0 Å². The zero-order valence-corrected chi connectivity index (χ0v) is 10.9. The minimum atomic E-state index is -0.0356. The van der Waals surface area contributed by atoms with Gasteiger partial charge in [0, 0.05) is 24.6 Å². The highest BCUT2D eigenvalue weighted by Crippen LogP contribution is 2.30. The number of alkyl halides is 1. The van der Waals surface area contributed by atoms with E-state index in [9.17, 15) is 4.79 Å². The van der Waals surface area contributed by atoms with Crippen LogP contribution in [0.25, 0.3) is 0 Å². The molecule has 2 atom stereocenters. The predicted octanol–water partition coefficient (Wildman–Crippen LogP) is 1.71. The minimum Gasteiger partial charge on any atom is -0.350 e. The van der Waals surface area contributed by atoms with Gasteiger partial charge in [0.2, 0.25) is 0 Å². The maximum atomic E-state index is 11.8. The van der Waals surface area contributed by atoms with Crippen LogP contribution in [0.2, 0.25) is 0 Å². The maximum Gasteiger partial charge on any atom is 0.269 e. The van der Waals surface area contributed by atoms with Crippen molar-refractivity contribution in [3.05, 3.63) is 18.0 Å². The molecule has 2 unspecified atom stereocenters. The van der Waals surface area contributed by atoms with Crippen LogP contribution >= 0.6 is 15.9 Å². The molecular weight excluding hydrogens is 270 g/mol. The number of nitrogens with zero attached hydrogens (tertiary/aromatic N) is 2. The summed E-state index contributed by atoms with van der Waals surface area (Å²) in [7, 11) is 1.78. The van der Waals surface area contributed by atoms with Gasteiger partial charge in [-0.15, -0.1) is 0 Å². The summed E-state index contributed by atoms with van der Waals surface area (Å²) >= 11 is 3.65. The maximum absolute atomic E-state index is 11.8. The number of carbonyl (C=O) groups is 1. The summed E-state index contributed by atoms with van der Waals surface area (Å²) in [4.78, 5) is 12.4. The van der Waals surface area contributed by atoms with Crippen molar-refractivity contribution in [1.29, 1.82) is 0 Å². The van der Waals surface area contributed by atoms with Crippen molar-refractivity contribution in [2.24, 2.45) is 13.0 Å². The fourth-order valence-electron chi connectivity index (χ4n) is 2.13. The summed E-state index contributed by atoms with van der Waals surface area (Å²) in [5, 5.41) is 6.95. The van der Waals surface area contributed by atoms with Gasteiger partial charge in [0.1, 0.15) is 5.69 Å². The number of rotatable bonds is 3. The van der Waals surface area contributed by atoms with Crippen LogP contribution in [0.5, 0.6) is 0 Å². The number of carbonyl (C=O) groups excluding carboxylic acids is 1. The van der Waals surface area contributed by atoms with E-state index in [-0.39, 0.29) is 5.91 Å². The van der Waals surface area contributed by atoms with Crippen LogP contribution in [0.3, 0.4) is 0 Å². The Morgan fingerprint density at radius 3 is 3.06 bits per heavy atom. The van der Waals surface area contributed by atoms with Crippen molar-refractivity contribution in [2.45, 2.75) is 24.1 Å². The summed E-state index contributed by atoms with van der Waals surface area (Å²) < 4.78 is 1.59. The molecule has 5 heteroatoms. The Kier molecular flexibility index (Phi) is 3.63. The van der Waals surface area contributed by atoms with Crippen LogP contribution in [0, 0.1) is 5.92 Å². The van der Waals surface area contributed by atoms with Gasteiger partial charge in [0.15, 0.2) is 0 Å². The minimum absolute atomic E-state index is 0.0356. The molecular formula is C11H16BrN3O. The quantitative estimate of drug-likeness (QED) is 0.860. The van der Waals surface area contributed by atoms with Crippen molar-refractivity contribution in [2.75, 3.05) is 6.54 Å². The van der Waals surface area contributed by atoms with E-state index in [1.165, 1.54) is 19.3 Å². The topological polar surface area (TPSA) is 46.9 Å². The van der Waals surface area contributed by atoms with Crippen LogP contribution in [0.15, 0.2) is 12.3 Å². The second-order valence-electron chi connectivity index (χ2n) is 4.26. The Bertz CT molecular complexity index is 377. The van der Waals surface area contributed by atoms with E-state index in [1.807, 2.05) is 0 Å². The third-order valence-corrected chi connectivity index (χ3v) is 4.35. The second kappa shape index (κ2) is 4.99. The normalized spacial score (nSPS) is 24.6. The Morgan fingerprint density at radius 1 is 1.69 bits per heavy atom. The van der Waals surface area contributed by atoms with Crippen molar-refractivity contribution >= 4 is 21.8 Å². The smallest absolute Gasteiger partial charge is 0.269 e. The molecule has 16 heavy (non-hydrogen) atoms. The summed E-state index contributed by atoms with van der Waals surface area (Å²) in [6.45, 7) is 0.750. The van der Waals surface area contributed by atoms with E-state index < -0.39 is 0 Å². The number of aryl methyl sites for hydroxylation is 1. The average molecular weight is 286 g/mol. The second-order valence-corrected chi connectivity index (χ2v) is 5.43. The molecule has 2 rings (SSSR count). The Labute approximate surface area is 104 Å². The molecule has 0 bridgehead atoms. The van der Waals surface area contributed by atoms with Crippen molar-refractivity contribution in [3.63, 3.8) is 0 Å². The van der Waals surface area contributed by atoms with Gasteiger partial charge in [-0.3, -0.25) is 9.48 Å². The summed E-state index contributed by atoms with van der Waals surface area (Å²) in [5.74, 6) is 0.531. The van der Waals surface area contributed by atoms with Crippen LogP contribution in [-0.4, -0.2) is 27.1 Å². The highest BCUT2D eigenvalue weighted by Gasteiger charge is 2.25. The molecule has 1 fully saturated rings. The highest BCUT2D eigenvalue weighted by molar-refractivity contribution is 9.09. The molecule has 1 aliphatic carbocycles. The van der Waals surface area contributed by atoms with Gasteiger partial charge in [0.25, 0.3) is 5.91 Å². The molecule has 0 aromatic carbocycles. The lowest BCUT2D eigenvalue weighted by atomic mass is 10.1. The highest BCUT2D eigenvalue weighted by atomic mass is 79.9. The molecule has 1 saturated carbocycles. The van der Waals surface area contributed by atoms with Gasteiger partial charge >= 0.3 is 0 Å². The average Bonchev–Trinajstić information content (AvgIpc) is 2.84. The van der Waals surface area contributed by atoms with E-state index in [4.69, 9.17) is 0 Å². The van der Waals surface area contributed by atoms with Gasteiger partial charge in [0.05, 0.1) is 0 Å².